The Bertz CT molecular complexity index is 1630. The lowest BCUT2D eigenvalue weighted by atomic mass is 10.0. The van der Waals surface area contributed by atoms with Crippen LogP contribution in [-0.4, -0.2) is 74.9 Å². The molecule has 86 heavy (non-hydrogen) atoms. The lowest BCUT2D eigenvalue weighted by Crippen LogP contribution is -2.37. The van der Waals surface area contributed by atoms with Crippen molar-refractivity contribution in [1.82, 2.24) is 0 Å². The monoisotopic (exact) mass is 1230 g/mol. The highest BCUT2D eigenvalue weighted by atomic mass is 31.2. The molecule has 2 atom stereocenters. The Labute approximate surface area is 534 Å². The van der Waals surface area contributed by atoms with Crippen molar-refractivity contribution in [3.8, 4) is 0 Å². The Morgan fingerprint density at radius 3 is 0.930 bits per heavy atom. The zero-order valence-electron chi connectivity index (χ0n) is 57.6. The molecular formula is C76H143NO8P+. The number of likely N-dealkylation sites (N-methyl/N-ethyl adjacent to an activating group) is 1. The molecule has 0 bridgehead atoms. The van der Waals surface area contributed by atoms with Crippen LogP contribution in [0, 0.1) is 0 Å². The summed E-state index contributed by atoms with van der Waals surface area (Å²) in [6.45, 7) is 4.44. The van der Waals surface area contributed by atoms with E-state index in [-0.39, 0.29) is 32.0 Å². The molecule has 0 amide bonds. The number of allylic oxidation sites excluding steroid dienone is 10. The lowest BCUT2D eigenvalue weighted by Gasteiger charge is -2.24. The molecule has 10 heteroatoms. The number of hydrogen-bond donors (Lipinski definition) is 1. The van der Waals surface area contributed by atoms with Gasteiger partial charge in [-0.1, -0.05) is 325 Å². The molecule has 0 aliphatic rings. The fourth-order valence-corrected chi connectivity index (χ4v) is 11.6. The normalized spacial score (nSPS) is 13.4. The van der Waals surface area contributed by atoms with Crippen LogP contribution in [0.25, 0.3) is 0 Å². The van der Waals surface area contributed by atoms with Gasteiger partial charge in [0.15, 0.2) is 6.10 Å². The van der Waals surface area contributed by atoms with Gasteiger partial charge in [0.05, 0.1) is 27.7 Å². The van der Waals surface area contributed by atoms with Gasteiger partial charge in [0, 0.05) is 12.8 Å². The summed E-state index contributed by atoms with van der Waals surface area (Å²) in [5, 5.41) is 0. The van der Waals surface area contributed by atoms with E-state index < -0.39 is 26.5 Å². The molecule has 0 aliphatic carbocycles. The van der Waals surface area contributed by atoms with Crippen molar-refractivity contribution in [3.05, 3.63) is 60.8 Å². The number of quaternary nitrogens is 1. The van der Waals surface area contributed by atoms with Crippen molar-refractivity contribution in [2.24, 2.45) is 0 Å². The van der Waals surface area contributed by atoms with E-state index in [4.69, 9.17) is 18.5 Å². The van der Waals surface area contributed by atoms with E-state index >= 15 is 0 Å². The lowest BCUT2D eigenvalue weighted by molar-refractivity contribution is -0.870. The van der Waals surface area contributed by atoms with Crippen molar-refractivity contribution < 1.29 is 42.1 Å². The predicted molar refractivity (Wildman–Crippen MR) is 372 cm³/mol. The number of carbonyl (C=O) groups is 2. The number of phosphoric acid groups is 1. The second-order valence-electron chi connectivity index (χ2n) is 26.3. The maximum Gasteiger partial charge on any atom is 0.472 e. The number of carbonyl (C=O) groups excluding carboxylic acids is 2. The van der Waals surface area contributed by atoms with Gasteiger partial charge in [-0.15, -0.1) is 0 Å². The molecule has 1 N–H and O–H groups in total. The molecule has 0 aromatic carbocycles. The average molecular weight is 1230 g/mol. The number of ether oxygens (including phenoxy) is 2. The van der Waals surface area contributed by atoms with Crippen LogP contribution in [0.1, 0.15) is 361 Å². The smallest absolute Gasteiger partial charge is 0.462 e. The number of phosphoric ester groups is 1. The molecule has 504 valence electrons. The van der Waals surface area contributed by atoms with Gasteiger partial charge in [0.1, 0.15) is 19.8 Å². The quantitative estimate of drug-likeness (QED) is 0.0211. The second-order valence-corrected chi connectivity index (χ2v) is 27.8. The molecule has 0 heterocycles. The summed E-state index contributed by atoms with van der Waals surface area (Å²) in [4.78, 5) is 35.8. The van der Waals surface area contributed by atoms with Crippen LogP contribution in [-0.2, 0) is 32.7 Å². The van der Waals surface area contributed by atoms with Gasteiger partial charge in [0.25, 0.3) is 0 Å². The van der Waals surface area contributed by atoms with Crippen molar-refractivity contribution in [2.75, 3.05) is 47.5 Å². The summed E-state index contributed by atoms with van der Waals surface area (Å²) in [7, 11) is 1.48. The van der Waals surface area contributed by atoms with Crippen LogP contribution in [0.15, 0.2) is 60.8 Å². The zero-order valence-corrected chi connectivity index (χ0v) is 58.5. The van der Waals surface area contributed by atoms with Gasteiger partial charge in [-0.05, 0) is 83.5 Å². The first-order chi connectivity index (χ1) is 42.0. The third-order valence-corrected chi connectivity index (χ3v) is 17.5. The highest BCUT2D eigenvalue weighted by Crippen LogP contribution is 2.43. The molecule has 0 radical (unpaired) electrons. The highest BCUT2D eigenvalue weighted by Gasteiger charge is 2.27. The summed E-state index contributed by atoms with van der Waals surface area (Å²) in [5.41, 5.74) is 0. The Hall–Kier alpha value is -2.29. The van der Waals surface area contributed by atoms with Crippen LogP contribution in [0.3, 0.4) is 0 Å². The SMILES string of the molecule is CCCCCCC/C=C\C/C=C\C/C=C\CCCCCCCCC(=O)OC(COC(=O)CCCCCCCCCCCCCCCCCCCCCCCCCCCCCCC/C=C\C/C=C\CCCCCCC)COP(=O)(O)OCC[N+](C)(C)C. The summed E-state index contributed by atoms with van der Waals surface area (Å²) in [5.74, 6) is -0.797. The molecule has 9 nitrogen and oxygen atoms in total. The van der Waals surface area contributed by atoms with Gasteiger partial charge in [-0.25, -0.2) is 4.57 Å². The van der Waals surface area contributed by atoms with Gasteiger partial charge in [0.2, 0.25) is 0 Å². The van der Waals surface area contributed by atoms with Crippen LogP contribution < -0.4 is 0 Å². The van der Waals surface area contributed by atoms with E-state index in [1.807, 2.05) is 21.1 Å². The largest absolute Gasteiger partial charge is 0.472 e. The third kappa shape index (κ3) is 70.8. The van der Waals surface area contributed by atoms with Gasteiger partial charge in [-0.3, -0.25) is 18.6 Å². The maximum absolute atomic E-state index is 12.9. The number of rotatable bonds is 69. The molecule has 0 rings (SSSR count). The molecule has 0 saturated carbocycles. The van der Waals surface area contributed by atoms with Gasteiger partial charge >= 0.3 is 19.8 Å². The molecule has 0 fully saturated rings. The molecule has 2 unspecified atom stereocenters. The van der Waals surface area contributed by atoms with Crippen LogP contribution >= 0.6 is 7.82 Å². The van der Waals surface area contributed by atoms with Crippen LogP contribution in [0.5, 0.6) is 0 Å². The molecule has 0 aliphatic heterocycles. The minimum absolute atomic E-state index is 0.0291. The van der Waals surface area contributed by atoms with Crippen molar-refractivity contribution >= 4 is 19.8 Å². The zero-order chi connectivity index (χ0) is 62.6. The molecule has 0 spiro atoms. The van der Waals surface area contributed by atoms with E-state index in [1.54, 1.807) is 0 Å². The molecular weight excluding hydrogens is 1090 g/mol. The Kier molecular flexibility index (Phi) is 65.3. The van der Waals surface area contributed by atoms with Crippen molar-refractivity contribution in [3.63, 3.8) is 0 Å². The summed E-state index contributed by atoms with van der Waals surface area (Å²) in [6.07, 6.45) is 89.3. The Morgan fingerprint density at radius 1 is 0.360 bits per heavy atom. The van der Waals surface area contributed by atoms with E-state index in [9.17, 15) is 19.0 Å². The van der Waals surface area contributed by atoms with Gasteiger partial charge < -0.3 is 18.9 Å². The fourth-order valence-electron chi connectivity index (χ4n) is 10.8. The highest BCUT2D eigenvalue weighted by molar-refractivity contribution is 7.47. The second kappa shape index (κ2) is 67.1. The Morgan fingerprint density at radius 2 is 0.628 bits per heavy atom. The average Bonchev–Trinajstić information content (AvgIpc) is 3.67. The fraction of sp³-hybridized carbons (Fsp3) is 0.842. The summed E-state index contributed by atoms with van der Waals surface area (Å²) >= 11 is 0. The standard InChI is InChI=1S/C76H142NO8P/c1-6-8-10-12-14-16-18-20-22-24-26-28-29-30-31-32-33-34-35-36-37-38-39-40-41-42-43-44-45-46-47-49-50-52-54-56-58-60-62-64-66-68-75(78)82-72-74(73-84-86(80,81)83-71-70-77(3,4)5)85-76(79)69-67-65-63-61-59-57-55-53-51-48-27-25-23-21-19-17-15-13-11-9-7-2/h18-21,24-27,51,53,74H,6-17,22-23,28-50,52,54-73H2,1-5H3/p+1/b20-18-,21-19-,26-24-,27-25-,53-51-. The molecule has 0 aromatic rings. The number of nitrogens with zero attached hydrogens (tertiary/aromatic N) is 1. The summed E-state index contributed by atoms with van der Waals surface area (Å²) in [6, 6.07) is 0. The van der Waals surface area contributed by atoms with Crippen LogP contribution in [0.4, 0.5) is 0 Å². The van der Waals surface area contributed by atoms with Gasteiger partial charge in [-0.2, -0.15) is 0 Å². The summed E-state index contributed by atoms with van der Waals surface area (Å²) < 4.78 is 34.7. The van der Waals surface area contributed by atoms with E-state index in [0.717, 1.165) is 77.0 Å². The number of esters is 2. The van der Waals surface area contributed by atoms with Crippen molar-refractivity contribution in [2.45, 2.75) is 367 Å². The van der Waals surface area contributed by atoms with E-state index in [1.165, 1.54) is 250 Å². The minimum Gasteiger partial charge on any atom is -0.462 e. The topological polar surface area (TPSA) is 108 Å². The molecule has 0 aromatic heterocycles. The third-order valence-electron chi connectivity index (χ3n) is 16.5. The maximum atomic E-state index is 12.9. The van der Waals surface area contributed by atoms with Crippen molar-refractivity contribution in [1.29, 1.82) is 0 Å². The first kappa shape index (κ1) is 83.7. The first-order valence-corrected chi connectivity index (χ1v) is 38.5. The van der Waals surface area contributed by atoms with Crippen LogP contribution in [0.2, 0.25) is 0 Å². The van der Waals surface area contributed by atoms with E-state index in [0.29, 0.717) is 17.4 Å². The number of hydrogen-bond acceptors (Lipinski definition) is 7. The predicted octanol–water partition coefficient (Wildman–Crippen LogP) is 24.2. The Balaban J connectivity index is 3.89. The minimum atomic E-state index is -4.40. The molecule has 0 saturated heterocycles. The van der Waals surface area contributed by atoms with E-state index in [2.05, 4.69) is 74.6 Å². The first-order valence-electron chi connectivity index (χ1n) is 37.0. The number of unbranched alkanes of at least 4 members (excludes halogenated alkanes) is 45.